The van der Waals surface area contributed by atoms with Crippen LogP contribution in [0, 0.1) is 13.8 Å². The number of hydrogen-bond acceptors (Lipinski definition) is 6. The van der Waals surface area contributed by atoms with Crippen LogP contribution in [-0.2, 0) is 12.4 Å². The summed E-state index contributed by atoms with van der Waals surface area (Å²) in [7, 11) is 0. The molecule has 2 amide bonds. The standard InChI is InChI=1S/C19H11BrF6N6O2S/c1-5-3-7(18(21,22)23)29-17-9(5)11(13(35-17)14(27)33)30-16(34)12-10(20)15-28-6(2)4-8(19(24,25)26)32(15)31-12/h3-4H,1-2H3,(H2,27,33)(H,30,34). The van der Waals surface area contributed by atoms with Crippen molar-refractivity contribution < 1.29 is 35.9 Å². The summed E-state index contributed by atoms with van der Waals surface area (Å²) in [5.74, 6) is -2.11. The minimum atomic E-state index is -4.81. The molecule has 0 saturated heterocycles. The molecule has 0 unspecified atom stereocenters. The Morgan fingerprint density at radius 3 is 2.31 bits per heavy atom. The predicted octanol–water partition coefficient (Wildman–Crippen LogP) is 5.11. The number of primary amides is 1. The normalized spacial score (nSPS) is 12.5. The lowest BCUT2D eigenvalue weighted by molar-refractivity contribution is -0.143. The molecule has 0 radical (unpaired) electrons. The Morgan fingerprint density at radius 1 is 1.09 bits per heavy atom. The summed E-state index contributed by atoms with van der Waals surface area (Å²) in [5.41, 5.74) is 1.97. The van der Waals surface area contributed by atoms with E-state index in [-0.39, 0.29) is 42.2 Å². The van der Waals surface area contributed by atoms with Gasteiger partial charge >= 0.3 is 12.4 Å². The number of carbonyl (C=O) groups is 2. The van der Waals surface area contributed by atoms with Gasteiger partial charge in [-0.2, -0.15) is 31.4 Å². The third-order valence-electron chi connectivity index (χ3n) is 4.78. The van der Waals surface area contributed by atoms with E-state index < -0.39 is 41.2 Å². The SMILES string of the molecule is Cc1cc(C(F)(F)F)n2nc(C(=O)Nc3c(C(N)=O)sc4nc(C(F)(F)F)cc(C)c34)c(Br)c2n1. The first-order valence-electron chi connectivity index (χ1n) is 9.35. The number of nitrogens with zero attached hydrogens (tertiary/aromatic N) is 4. The average molecular weight is 581 g/mol. The minimum absolute atomic E-state index is 0.0133. The van der Waals surface area contributed by atoms with Gasteiger partial charge in [0, 0.05) is 11.1 Å². The molecule has 16 heteroatoms. The highest BCUT2D eigenvalue weighted by Gasteiger charge is 2.37. The highest BCUT2D eigenvalue weighted by atomic mass is 79.9. The maximum absolute atomic E-state index is 13.5. The van der Waals surface area contributed by atoms with Crippen molar-refractivity contribution in [2.45, 2.75) is 26.2 Å². The minimum Gasteiger partial charge on any atom is -0.365 e. The molecule has 184 valence electrons. The molecule has 4 aromatic rings. The van der Waals surface area contributed by atoms with Gasteiger partial charge in [-0.25, -0.2) is 14.5 Å². The van der Waals surface area contributed by atoms with E-state index in [9.17, 15) is 35.9 Å². The van der Waals surface area contributed by atoms with E-state index in [1.54, 1.807) is 0 Å². The second-order valence-corrected chi connectivity index (χ2v) is 9.10. The molecule has 0 aliphatic carbocycles. The summed E-state index contributed by atoms with van der Waals surface area (Å²) in [6.45, 7) is 2.64. The van der Waals surface area contributed by atoms with E-state index in [1.165, 1.54) is 13.8 Å². The van der Waals surface area contributed by atoms with E-state index >= 15 is 0 Å². The zero-order valence-corrected chi connectivity index (χ0v) is 19.8. The molecule has 0 aliphatic heterocycles. The zero-order chi connectivity index (χ0) is 26.0. The van der Waals surface area contributed by atoms with Crippen molar-refractivity contribution >= 4 is 60.6 Å². The Labute approximate surface area is 203 Å². The molecule has 8 nitrogen and oxygen atoms in total. The largest absolute Gasteiger partial charge is 0.433 e. The van der Waals surface area contributed by atoms with Crippen LogP contribution in [0.1, 0.15) is 42.8 Å². The number of thiophene rings is 1. The quantitative estimate of drug-likeness (QED) is 0.327. The Bertz CT molecular complexity index is 1540. The number of hydrogen-bond donors (Lipinski definition) is 2. The van der Waals surface area contributed by atoms with Gasteiger partial charge in [0.2, 0.25) is 0 Å². The number of rotatable bonds is 3. The number of fused-ring (bicyclic) bond motifs is 2. The number of carbonyl (C=O) groups excluding carboxylic acids is 2. The maximum atomic E-state index is 13.5. The second-order valence-electron chi connectivity index (χ2n) is 7.31. The van der Waals surface area contributed by atoms with Gasteiger partial charge in [-0.15, -0.1) is 11.3 Å². The van der Waals surface area contributed by atoms with E-state index in [2.05, 4.69) is 36.3 Å². The topological polar surface area (TPSA) is 115 Å². The number of aryl methyl sites for hydroxylation is 2. The van der Waals surface area contributed by atoms with Crippen LogP contribution in [0.4, 0.5) is 32.0 Å². The second kappa shape index (κ2) is 8.15. The third-order valence-corrected chi connectivity index (χ3v) is 6.61. The molecule has 3 N–H and O–H groups in total. The fourth-order valence-corrected chi connectivity index (χ4v) is 4.93. The maximum Gasteiger partial charge on any atom is 0.433 e. The summed E-state index contributed by atoms with van der Waals surface area (Å²) in [6, 6.07) is 1.48. The molecule has 4 aromatic heterocycles. The van der Waals surface area contributed by atoms with Gasteiger partial charge in [0.15, 0.2) is 11.3 Å². The molecule has 0 aliphatic rings. The highest BCUT2D eigenvalue weighted by molar-refractivity contribution is 9.10. The third kappa shape index (κ3) is 4.31. The summed E-state index contributed by atoms with van der Waals surface area (Å²) >= 11 is 3.57. The van der Waals surface area contributed by atoms with E-state index in [0.717, 1.165) is 12.1 Å². The molecule has 4 heterocycles. The molecule has 0 fully saturated rings. The lowest BCUT2D eigenvalue weighted by Gasteiger charge is -2.09. The van der Waals surface area contributed by atoms with E-state index in [0.29, 0.717) is 15.9 Å². The number of amides is 2. The first-order valence-corrected chi connectivity index (χ1v) is 11.0. The van der Waals surface area contributed by atoms with Gasteiger partial charge in [-0.1, -0.05) is 0 Å². The average Bonchev–Trinajstić information content (AvgIpc) is 3.25. The van der Waals surface area contributed by atoms with Gasteiger partial charge in [-0.3, -0.25) is 9.59 Å². The first-order chi connectivity index (χ1) is 16.1. The van der Waals surface area contributed by atoms with Crippen LogP contribution in [0.2, 0.25) is 0 Å². The van der Waals surface area contributed by atoms with E-state index in [4.69, 9.17) is 5.73 Å². The lowest BCUT2D eigenvalue weighted by Crippen LogP contribution is -2.18. The van der Waals surface area contributed by atoms with Crippen LogP contribution in [0.5, 0.6) is 0 Å². The van der Waals surface area contributed by atoms with Gasteiger partial charge in [-0.05, 0) is 47.5 Å². The predicted molar refractivity (Wildman–Crippen MR) is 116 cm³/mol. The van der Waals surface area contributed by atoms with Crippen molar-refractivity contribution in [2.24, 2.45) is 5.73 Å². The van der Waals surface area contributed by atoms with Crippen LogP contribution in [0.15, 0.2) is 16.6 Å². The number of anilines is 1. The number of nitrogens with one attached hydrogen (secondary N) is 1. The summed E-state index contributed by atoms with van der Waals surface area (Å²) in [5, 5.41) is 6.08. The van der Waals surface area contributed by atoms with Gasteiger partial charge in [0.05, 0.1) is 10.2 Å². The smallest absolute Gasteiger partial charge is 0.365 e. The Hall–Kier alpha value is -3.27. The summed E-state index contributed by atoms with van der Waals surface area (Å²) in [6.07, 6.45) is -9.57. The molecule has 0 atom stereocenters. The van der Waals surface area contributed by atoms with Gasteiger partial charge < -0.3 is 11.1 Å². The van der Waals surface area contributed by atoms with Crippen molar-refractivity contribution in [3.63, 3.8) is 0 Å². The Kier molecular flexibility index (Phi) is 5.78. The van der Waals surface area contributed by atoms with Crippen LogP contribution in [0.3, 0.4) is 0 Å². The molecule has 4 rings (SSSR count). The van der Waals surface area contributed by atoms with Crippen molar-refractivity contribution in [3.8, 4) is 0 Å². The summed E-state index contributed by atoms with van der Waals surface area (Å²) in [4.78, 5) is 32.0. The van der Waals surface area contributed by atoms with Crippen molar-refractivity contribution in [1.82, 2.24) is 19.6 Å². The molecule has 35 heavy (non-hydrogen) atoms. The fourth-order valence-electron chi connectivity index (χ4n) is 3.35. The number of alkyl halides is 6. The summed E-state index contributed by atoms with van der Waals surface area (Å²) < 4.78 is 80.2. The monoisotopic (exact) mass is 580 g/mol. The molecule has 0 saturated carbocycles. The first kappa shape index (κ1) is 24.8. The number of halogens is 7. The lowest BCUT2D eigenvalue weighted by atomic mass is 10.1. The number of nitrogens with two attached hydrogens (primary N) is 1. The van der Waals surface area contributed by atoms with Crippen LogP contribution >= 0.6 is 27.3 Å². The van der Waals surface area contributed by atoms with E-state index in [1.807, 2.05) is 0 Å². The van der Waals surface area contributed by atoms with Crippen molar-refractivity contribution in [1.29, 1.82) is 0 Å². The van der Waals surface area contributed by atoms with Crippen LogP contribution in [0.25, 0.3) is 15.9 Å². The van der Waals surface area contributed by atoms with Crippen molar-refractivity contribution in [2.75, 3.05) is 5.32 Å². The number of aromatic nitrogens is 4. The van der Waals surface area contributed by atoms with Crippen LogP contribution in [-0.4, -0.2) is 31.4 Å². The molecular weight excluding hydrogens is 570 g/mol. The van der Waals surface area contributed by atoms with Crippen LogP contribution < -0.4 is 11.1 Å². The number of pyridine rings is 1. The zero-order valence-electron chi connectivity index (χ0n) is 17.4. The van der Waals surface area contributed by atoms with Crippen molar-refractivity contribution in [3.05, 3.63) is 49.8 Å². The molecule has 0 aromatic carbocycles. The fraction of sp³-hybridized carbons (Fsp3) is 0.211. The Balaban J connectivity index is 1.87. The molecule has 0 spiro atoms. The molecular formula is C19H11BrF6N6O2S. The highest BCUT2D eigenvalue weighted by Crippen LogP contribution is 2.40. The van der Waals surface area contributed by atoms with Gasteiger partial charge in [0.1, 0.15) is 21.1 Å². The molecule has 0 bridgehead atoms. The Morgan fingerprint density at radius 2 is 1.74 bits per heavy atom. The van der Waals surface area contributed by atoms with Gasteiger partial charge in [0.25, 0.3) is 11.8 Å².